The SMILES string of the molecule is Fc1ccc(-c2cc(N3CCN4CCCC4C3)n3nccc3n2)cc1. The summed E-state index contributed by atoms with van der Waals surface area (Å²) in [6.45, 7) is 4.36. The van der Waals surface area contributed by atoms with E-state index >= 15 is 0 Å². The van der Waals surface area contributed by atoms with Crippen LogP contribution in [0.3, 0.4) is 0 Å². The van der Waals surface area contributed by atoms with Crippen LogP contribution in [0.25, 0.3) is 16.9 Å². The van der Waals surface area contributed by atoms with Crippen molar-refractivity contribution in [1.82, 2.24) is 19.5 Å². The van der Waals surface area contributed by atoms with Gasteiger partial charge in [0, 0.05) is 43.4 Å². The van der Waals surface area contributed by atoms with Gasteiger partial charge in [0.05, 0.1) is 11.9 Å². The second-order valence-corrected chi connectivity index (χ2v) is 6.89. The number of benzene rings is 1. The minimum absolute atomic E-state index is 0.230. The molecule has 2 aliphatic rings. The van der Waals surface area contributed by atoms with Gasteiger partial charge in [-0.3, -0.25) is 4.90 Å². The highest BCUT2D eigenvalue weighted by atomic mass is 19.1. The Kier molecular flexibility index (Phi) is 3.45. The van der Waals surface area contributed by atoms with Gasteiger partial charge < -0.3 is 4.90 Å². The molecular formula is C19H20FN5. The van der Waals surface area contributed by atoms with Gasteiger partial charge in [-0.15, -0.1) is 0 Å². The number of rotatable bonds is 2. The molecule has 0 bridgehead atoms. The number of piperazine rings is 1. The molecule has 0 amide bonds. The Morgan fingerprint density at radius 1 is 1.04 bits per heavy atom. The molecule has 2 saturated heterocycles. The Balaban J connectivity index is 1.57. The van der Waals surface area contributed by atoms with Crippen molar-refractivity contribution in [3.63, 3.8) is 0 Å². The molecule has 3 aromatic rings. The van der Waals surface area contributed by atoms with Crippen molar-refractivity contribution in [2.24, 2.45) is 0 Å². The lowest BCUT2D eigenvalue weighted by Crippen LogP contribution is -2.50. The lowest BCUT2D eigenvalue weighted by molar-refractivity contribution is 0.230. The van der Waals surface area contributed by atoms with E-state index in [9.17, 15) is 4.39 Å². The summed E-state index contributed by atoms with van der Waals surface area (Å²) in [5.41, 5.74) is 2.60. The van der Waals surface area contributed by atoms with Gasteiger partial charge in [0.1, 0.15) is 11.6 Å². The van der Waals surface area contributed by atoms with Crippen LogP contribution in [-0.2, 0) is 0 Å². The quantitative estimate of drug-likeness (QED) is 0.721. The fourth-order valence-corrected chi connectivity index (χ4v) is 4.09. The first-order valence-corrected chi connectivity index (χ1v) is 8.88. The second-order valence-electron chi connectivity index (χ2n) is 6.89. The van der Waals surface area contributed by atoms with E-state index in [2.05, 4.69) is 21.0 Å². The first-order valence-electron chi connectivity index (χ1n) is 8.88. The third kappa shape index (κ3) is 2.57. The van der Waals surface area contributed by atoms with E-state index in [1.54, 1.807) is 18.3 Å². The summed E-state index contributed by atoms with van der Waals surface area (Å²) < 4.78 is 15.2. The zero-order valence-electron chi connectivity index (χ0n) is 14.0. The minimum Gasteiger partial charge on any atom is -0.354 e. The van der Waals surface area contributed by atoms with E-state index in [4.69, 9.17) is 4.98 Å². The predicted molar refractivity (Wildman–Crippen MR) is 95.2 cm³/mol. The van der Waals surface area contributed by atoms with Crippen LogP contribution in [0.1, 0.15) is 12.8 Å². The van der Waals surface area contributed by atoms with Gasteiger partial charge in [-0.2, -0.15) is 9.61 Å². The van der Waals surface area contributed by atoms with Crippen LogP contribution in [0, 0.1) is 5.82 Å². The highest BCUT2D eigenvalue weighted by Gasteiger charge is 2.31. The molecular weight excluding hydrogens is 317 g/mol. The predicted octanol–water partition coefficient (Wildman–Crippen LogP) is 2.82. The summed E-state index contributed by atoms with van der Waals surface area (Å²) in [6.07, 6.45) is 4.35. The van der Waals surface area contributed by atoms with Gasteiger partial charge in [-0.05, 0) is 43.7 Å². The summed E-state index contributed by atoms with van der Waals surface area (Å²) in [7, 11) is 0. The van der Waals surface area contributed by atoms with Crippen LogP contribution in [0.4, 0.5) is 10.2 Å². The number of aromatic nitrogens is 3. The topological polar surface area (TPSA) is 36.7 Å². The van der Waals surface area contributed by atoms with Crippen LogP contribution in [0.5, 0.6) is 0 Å². The van der Waals surface area contributed by atoms with Gasteiger partial charge in [-0.1, -0.05) is 0 Å². The average Bonchev–Trinajstić information content (AvgIpc) is 3.29. The summed E-state index contributed by atoms with van der Waals surface area (Å²) in [5.74, 6) is 0.840. The van der Waals surface area contributed by atoms with Gasteiger partial charge in [-0.25, -0.2) is 9.37 Å². The molecule has 0 aliphatic carbocycles. The molecule has 1 atom stereocenters. The average molecular weight is 337 g/mol. The second kappa shape index (κ2) is 5.81. The first kappa shape index (κ1) is 14.8. The largest absolute Gasteiger partial charge is 0.354 e. The molecule has 4 heterocycles. The smallest absolute Gasteiger partial charge is 0.157 e. The molecule has 1 aromatic carbocycles. The third-order valence-electron chi connectivity index (χ3n) is 5.39. The zero-order chi connectivity index (χ0) is 16.8. The Hall–Kier alpha value is -2.47. The van der Waals surface area contributed by atoms with Crippen molar-refractivity contribution in [2.45, 2.75) is 18.9 Å². The van der Waals surface area contributed by atoms with Crippen molar-refractivity contribution < 1.29 is 4.39 Å². The minimum atomic E-state index is -0.230. The maximum atomic E-state index is 13.3. The van der Waals surface area contributed by atoms with Crippen LogP contribution >= 0.6 is 0 Å². The first-order chi connectivity index (χ1) is 12.3. The summed E-state index contributed by atoms with van der Waals surface area (Å²) in [4.78, 5) is 9.71. The molecule has 2 aromatic heterocycles. The van der Waals surface area contributed by atoms with Crippen molar-refractivity contribution in [2.75, 3.05) is 31.1 Å². The molecule has 5 rings (SSSR count). The standard InChI is InChI=1S/C19H20FN5/c20-15-5-3-14(4-6-15)17-12-19(25-18(22-17)7-8-21-25)24-11-10-23-9-1-2-16(23)13-24/h3-8,12,16H,1-2,9-11,13H2. The number of nitrogens with zero attached hydrogens (tertiary/aromatic N) is 5. The van der Waals surface area contributed by atoms with Crippen LogP contribution < -0.4 is 4.90 Å². The van der Waals surface area contributed by atoms with E-state index in [0.717, 1.165) is 42.4 Å². The van der Waals surface area contributed by atoms with Gasteiger partial charge in [0.15, 0.2) is 5.65 Å². The van der Waals surface area contributed by atoms with Crippen molar-refractivity contribution >= 4 is 11.5 Å². The van der Waals surface area contributed by atoms with Crippen molar-refractivity contribution in [3.8, 4) is 11.3 Å². The maximum Gasteiger partial charge on any atom is 0.157 e. The van der Waals surface area contributed by atoms with Crippen LogP contribution in [-0.4, -0.2) is 51.7 Å². The molecule has 0 radical (unpaired) electrons. The number of halogens is 1. The maximum absolute atomic E-state index is 13.3. The molecule has 25 heavy (non-hydrogen) atoms. The molecule has 6 heteroatoms. The van der Waals surface area contributed by atoms with Gasteiger partial charge >= 0.3 is 0 Å². The molecule has 0 saturated carbocycles. The summed E-state index contributed by atoms with van der Waals surface area (Å²) in [6, 6.07) is 11.2. The van der Waals surface area contributed by atoms with Gasteiger partial charge in [0.2, 0.25) is 0 Å². The number of hydrogen-bond donors (Lipinski definition) is 0. The van der Waals surface area contributed by atoms with E-state index < -0.39 is 0 Å². The lowest BCUT2D eigenvalue weighted by atomic mass is 10.1. The van der Waals surface area contributed by atoms with E-state index in [0.29, 0.717) is 6.04 Å². The van der Waals surface area contributed by atoms with Gasteiger partial charge in [0.25, 0.3) is 0 Å². The van der Waals surface area contributed by atoms with E-state index in [-0.39, 0.29) is 5.82 Å². The zero-order valence-corrected chi connectivity index (χ0v) is 14.0. The summed E-state index contributed by atoms with van der Waals surface area (Å²) >= 11 is 0. The van der Waals surface area contributed by atoms with Crippen molar-refractivity contribution in [3.05, 3.63) is 48.4 Å². The van der Waals surface area contributed by atoms with Crippen LogP contribution in [0.15, 0.2) is 42.6 Å². The molecule has 5 nitrogen and oxygen atoms in total. The molecule has 128 valence electrons. The van der Waals surface area contributed by atoms with Crippen LogP contribution in [0.2, 0.25) is 0 Å². The fraction of sp³-hybridized carbons (Fsp3) is 0.368. The Morgan fingerprint density at radius 2 is 1.92 bits per heavy atom. The fourth-order valence-electron chi connectivity index (χ4n) is 4.09. The number of fused-ring (bicyclic) bond motifs is 2. The molecule has 2 fully saturated rings. The molecule has 0 N–H and O–H groups in total. The highest BCUT2D eigenvalue weighted by molar-refractivity contribution is 5.67. The highest BCUT2D eigenvalue weighted by Crippen LogP contribution is 2.28. The van der Waals surface area contributed by atoms with Crippen molar-refractivity contribution in [1.29, 1.82) is 0 Å². The summed E-state index contributed by atoms with van der Waals surface area (Å²) in [5, 5.41) is 4.47. The number of anilines is 1. The van der Waals surface area contributed by atoms with E-state index in [1.165, 1.54) is 31.5 Å². The molecule has 1 unspecified atom stereocenters. The Labute approximate surface area is 145 Å². The Morgan fingerprint density at radius 3 is 2.80 bits per heavy atom. The number of hydrogen-bond acceptors (Lipinski definition) is 4. The normalized spacial score (nSPS) is 21.0. The third-order valence-corrected chi connectivity index (χ3v) is 5.39. The monoisotopic (exact) mass is 337 g/mol. The lowest BCUT2D eigenvalue weighted by Gasteiger charge is -2.38. The Bertz CT molecular complexity index is 904. The molecule has 0 spiro atoms. The molecule has 2 aliphatic heterocycles. The van der Waals surface area contributed by atoms with E-state index in [1.807, 2.05) is 10.6 Å².